The molecule has 3 aromatic rings. The van der Waals surface area contributed by atoms with Crippen LogP contribution in [0.1, 0.15) is 12.5 Å². The van der Waals surface area contributed by atoms with E-state index in [1.54, 1.807) is 35.6 Å². The van der Waals surface area contributed by atoms with Gasteiger partial charge in [-0.15, -0.1) is 11.3 Å². The largest absolute Gasteiger partial charge is 0.479 e. The number of hydrogen-bond donors (Lipinski definition) is 2. The van der Waals surface area contributed by atoms with Gasteiger partial charge in [-0.2, -0.15) is 5.10 Å². The number of fused-ring (bicyclic) bond motifs is 1. The summed E-state index contributed by atoms with van der Waals surface area (Å²) < 4.78 is 7.18. The summed E-state index contributed by atoms with van der Waals surface area (Å²) in [5, 5.41) is 12.8. The van der Waals surface area contributed by atoms with Gasteiger partial charge in [-0.25, -0.2) is 15.2 Å². The van der Waals surface area contributed by atoms with E-state index < -0.39 is 12.1 Å². The molecule has 0 aliphatic rings. The molecule has 1 atom stereocenters. The predicted molar refractivity (Wildman–Crippen MR) is 110 cm³/mol. The molecule has 2 aromatic carbocycles. The van der Waals surface area contributed by atoms with Crippen LogP contribution in [0.5, 0.6) is 5.75 Å². The van der Waals surface area contributed by atoms with E-state index in [4.69, 9.17) is 9.84 Å². The third-order valence-corrected chi connectivity index (χ3v) is 5.72. The minimum absolute atomic E-state index is 0.219. The highest BCUT2D eigenvalue weighted by Crippen LogP contribution is 2.28. The molecule has 2 N–H and O–H groups in total. The summed E-state index contributed by atoms with van der Waals surface area (Å²) in [6.07, 6.45) is 0.580. The highest BCUT2D eigenvalue weighted by molar-refractivity contribution is 8.01. The van der Waals surface area contributed by atoms with Gasteiger partial charge in [0.05, 0.1) is 22.2 Å². The molecule has 0 unspecified atom stereocenters. The van der Waals surface area contributed by atoms with Crippen LogP contribution in [0.15, 0.2) is 58.0 Å². The number of rotatable bonds is 8. The Labute approximate surface area is 169 Å². The minimum Gasteiger partial charge on any atom is -0.479 e. The van der Waals surface area contributed by atoms with Gasteiger partial charge in [0.2, 0.25) is 0 Å². The second-order valence-corrected chi connectivity index (χ2v) is 7.95. The molecule has 1 amide bonds. The number of thioether (sulfide) groups is 1. The first-order valence-electron chi connectivity index (χ1n) is 8.31. The molecule has 0 fully saturated rings. The summed E-state index contributed by atoms with van der Waals surface area (Å²) in [7, 11) is 0. The van der Waals surface area contributed by atoms with E-state index >= 15 is 0 Å². The second-order valence-electron chi connectivity index (χ2n) is 5.70. The Balaban J connectivity index is 1.45. The van der Waals surface area contributed by atoms with Crippen molar-refractivity contribution in [1.29, 1.82) is 0 Å². The highest BCUT2D eigenvalue weighted by Gasteiger charge is 2.12. The normalized spacial score (nSPS) is 12.2. The first-order valence-corrected chi connectivity index (χ1v) is 10.1. The molecule has 28 heavy (non-hydrogen) atoms. The molecule has 0 radical (unpaired) electrons. The van der Waals surface area contributed by atoms with Crippen LogP contribution in [-0.4, -0.2) is 40.0 Å². The van der Waals surface area contributed by atoms with Crippen LogP contribution in [0.4, 0.5) is 0 Å². The van der Waals surface area contributed by atoms with Gasteiger partial charge < -0.3 is 9.84 Å². The standard InChI is InChI=1S/C19H17N3O4S2/c1-12(18(24)25)26-14-8-6-13(7-9-14)10-20-22-17(23)11-27-19-21-15-4-2-3-5-16(15)28-19/h2-10,12H,11H2,1H3,(H,22,23)(H,24,25)/b20-10+/t12-/m1/s1. The predicted octanol–water partition coefficient (Wildman–Crippen LogP) is 3.39. The Morgan fingerprint density at radius 3 is 2.75 bits per heavy atom. The molecule has 0 saturated carbocycles. The number of ether oxygens (including phenoxy) is 1. The second kappa shape index (κ2) is 9.34. The molecular weight excluding hydrogens is 398 g/mol. The zero-order chi connectivity index (χ0) is 19.9. The van der Waals surface area contributed by atoms with Gasteiger partial charge in [-0.3, -0.25) is 4.79 Å². The van der Waals surface area contributed by atoms with Gasteiger partial charge in [-0.05, 0) is 48.9 Å². The van der Waals surface area contributed by atoms with Crippen molar-refractivity contribution in [3.05, 3.63) is 54.1 Å². The molecule has 1 heterocycles. The maximum Gasteiger partial charge on any atom is 0.344 e. The number of carboxylic acids is 1. The van der Waals surface area contributed by atoms with Crippen LogP contribution in [0.2, 0.25) is 0 Å². The summed E-state index contributed by atoms with van der Waals surface area (Å²) in [5.74, 6) is -0.590. The molecule has 3 rings (SSSR count). The van der Waals surface area contributed by atoms with E-state index in [2.05, 4.69) is 15.5 Å². The third kappa shape index (κ3) is 5.54. The van der Waals surface area contributed by atoms with Crippen LogP contribution in [0, 0.1) is 0 Å². The summed E-state index contributed by atoms with van der Waals surface area (Å²) in [6, 6.07) is 14.6. The molecule has 144 valence electrons. The number of carbonyl (C=O) groups excluding carboxylic acids is 1. The van der Waals surface area contributed by atoms with Crippen LogP contribution in [-0.2, 0) is 9.59 Å². The van der Waals surface area contributed by atoms with Crippen molar-refractivity contribution in [2.75, 3.05) is 5.75 Å². The first-order chi connectivity index (χ1) is 13.5. The lowest BCUT2D eigenvalue weighted by Crippen LogP contribution is -2.22. The molecular formula is C19H17N3O4S2. The zero-order valence-corrected chi connectivity index (χ0v) is 16.5. The van der Waals surface area contributed by atoms with Crippen molar-refractivity contribution in [3.63, 3.8) is 0 Å². The number of amides is 1. The Bertz CT molecular complexity index is 969. The minimum atomic E-state index is -1.03. The zero-order valence-electron chi connectivity index (χ0n) is 14.9. The average Bonchev–Trinajstić information content (AvgIpc) is 3.10. The summed E-state index contributed by atoms with van der Waals surface area (Å²) in [5.41, 5.74) is 4.15. The summed E-state index contributed by atoms with van der Waals surface area (Å²) in [4.78, 5) is 27.2. The number of carboxylic acid groups (broad SMARTS) is 1. The van der Waals surface area contributed by atoms with Crippen molar-refractivity contribution in [3.8, 4) is 5.75 Å². The number of aliphatic carboxylic acids is 1. The van der Waals surface area contributed by atoms with Crippen LogP contribution in [0.3, 0.4) is 0 Å². The van der Waals surface area contributed by atoms with E-state index in [-0.39, 0.29) is 11.7 Å². The number of nitrogens with one attached hydrogen (secondary N) is 1. The highest BCUT2D eigenvalue weighted by atomic mass is 32.2. The number of hydrogen-bond acceptors (Lipinski definition) is 7. The van der Waals surface area contributed by atoms with Crippen LogP contribution in [0.25, 0.3) is 10.2 Å². The van der Waals surface area contributed by atoms with E-state index in [1.165, 1.54) is 24.9 Å². The summed E-state index contributed by atoms with van der Waals surface area (Å²) >= 11 is 2.92. The van der Waals surface area contributed by atoms with Crippen molar-refractivity contribution in [2.45, 2.75) is 17.4 Å². The lowest BCUT2D eigenvalue weighted by molar-refractivity contribution is -0.144. The number of nitrogens with zero attached hydrogens (tertiary/aromatic N) is 2. The number of aromatic nitrogens is 1. The maximum atomic E-state index is 11.9. The fourth-order valence-corrected chi connectivity index (χ4v) is 4.00. The van der Waals surface area contributed by atoms with E-state index in [0.29, 0.717) is 5.75 Å². The molecule has 0 aliphatic carbocycles. The Kier molecular flexibility index (Phi) is 6.62. The number of benzene rings is 2. The quantitative estimate of drug-likeness (QED) is 0.332. The number of para-hydroxylation sites is 1. The molecule has 0 spiro atoms. The number of carbonyl (C=O) groups is 2. The SMILES string of the molecule is C[C@@H](Oc1ccc(/C=N/NC(=O)CSc2nc3ccccc3s2)cc1)C(=O)O. The lowest BCUT2D eigenvalue weighted by atomic mass is 10.2. The van der Waals surface area contributed by atoms with E-state index in [1.807, 2.05) is 24.3 Å². The molecule has 7 nitrogen and oxygen atoms in total. The van der Waals surface area contributed by atoms with Gasteiger partial charge in [0.15, 0.2) is 10.4 Å². The van der Waals surface area contributed by atoms with Gasteiger partial charge in [0, 0.05) is 0 Å². The molecule has 0 bridgehead atoms. The van der Waals surface area contributed by atoms with E-state index in [9.17, 15) is 9.59 Å². The molecule has 1 aromatic heterocycles. The van der Waals surface area contributed by atoms with E-state index in [0.717, 1.165) is 20.1 Å². The molecule has 0 aliphatic heterocycles. The van der Waals surface area contributed by atoms with Gasteiger partial charge >= 0.3 is 5.97 Å². The Morgan fingerprint density at radius 2 is 2.04 bits per heavy atom. The van der Waals surface area contributed by atoms with Crippen molar-refractivity contribution < 1.29 is 19.4 Å². The van der Waals surface area contributed by atoms with Gasteiger partial charge in [0.1, 0.15) is 5.75 Å². The third-order valence-electron chi connectivity index (χ3n) is 3.54. The number of hydrazone groups is 1. The summed E-state index contributed by atoms with van der Waals surface area (Å²) in [6.45, 7) is 1.46. The van der Waals surface area contributed by atoms with Crippen LogP contribution < -0.4 is 10.2 Å². The maximum absolute atomic E-state index is 11.9. The number of thiazole rings is 1. The first kappa shape index (κ1) is 19.8. The van der Waals surface area contributed by atoms with Crippen molar-refractivity contribution in [2.24, 2.45) is 5.10 Å². The molecule has 9 heteroatoms. The van der Waals surface area contributed by atoms with Crippen LogP contribution >= 0.6 is 23.1 Å². The van der Waals surface area contributed by atoms with Crippen molar-refractivity contribution in [1.82, 2.24) is 10.4 Å². The Hall–Kier alpha value is -2.91. The fourth-order valence-electron chi connectivity index (χ4n) is 2.14. The van der Waals surface area contributed by atoms with Gasteiger partial charge in [-0.1, -0.05) is 23.9 Å². The topological polar surface area (TPSA) is 101 Å². The van der Waals surface area contributed by atoms with Crippen molar-refractivity contribution >= 4 is 51.4 Å². The monoisotopic (exact) mass is 415 g/mol. The lowest BCUT2D eigenvalue weighted by Gasteiger charge is -2.09. The molecule has 0 saturated heterocycles. The fraction of sp³-hybridized carbons (Fsp3) is 0.158. The Morgan fingerprint density at radius 1 is 1.29 bits per heavy atom. The van der Waals surface area contributed by atoms with Gasteiger partial charge in [0.25, 0.3) is 5.91 Å². The smallest absolute Gasteiger partial charge is 0.344 e. The average molecular weight is 415 g/mol.